The van der Waals surface area contributed by atoms with Gasteiger partial charge in [-0.1, -0.05) is 46.0 Å². The summed E-state index contributed by atoms with van der Waals surface area (Å²) in [4.78, 5) is 62.6. The molecule has 7 rings (SSSR count). The van der Waals surface area contributed by atoms with Crippen LogP contribution >= 0.6 is 0 Å². The zero-order valence-electron chi connectivity index (χ0n) is 33.5. The van der Waals surface area contributed by atoms with E-state index in [9.17, 15) is 27.6 Å². The number of aromatic nitrogens is 1. The maximum absolute atomic E-state index is 14.7. The first-order valence-corrected chi connectivity index (χ1v) is 22.2. The van der Waals surface area contributed by atoms with E-state index in [1.165, 1.54) is 4.90 Å². The average molecular weight is 812 g/mol. The first-order chi connectivity index (χ1) is 27.2. The van der Waals surface area contributed by atoms with Crippen LogP contribution in [0.5, 0.6) is 17.4 Å². The summed E-state index contributed by atoms with van der Waals surface area (Å²) in [6.07, 6.45) is 7.19. The summed E-state index contributed by atoms with van der Waals surface area (Å²) in [7, 11) is -2.26. The van der Waals surface area contributed by atoms with Gasteiger partial charge in [0.25, 0.3) is 5.91 Å². The number of pyridine rings is 1. The predicted molar refractivity (Wildman–Crippen MR) is 210 cm³/mol. The van der Waals surface area contributed by atoms with Crippen molar-refractivity contribution in [2.45, 2.75) is 140 Å². The van der Waals surface area contributed by atoms with E-state index >= 15 is 0 Å². The van der Waals surface area contributed by atoms with Gasteiger partial charge in [-0.05, 0) is 81.3 Å². The molecule has 2 aliphatic carbocycles. The van der Waals surface area contributed by atoms with E-state index in [4.69, 9.17) is 23.9 Å². The van der Waals surface area contributed by atoms with Crippen molar-refractivity contribution < 1.29 is 46.5 Å². The lowest BCUT2D eigenvalue weighted by Gasteiger charge is -2.30. The summed E-state index contributed by atoms with van der Waals surface area (Å²) in [5.74, 6) is -0.548. The largest absolute Gasteiger partial charge is 0.496 e. The number of fused-ring (bicyclic) bond motifs is 4. The molecule has 57 heavy (non-hydrogen) atoms. The second kappa shape index (κ2) is 16.5. The van der Waals surface area contributed by atoms with Gasteiger partial charge in [0.05, 0.1) is 37.6 Å². The fourth-order valence-electron chi connectivity index (χ4n) is 8.66. The summed E-state index contributed by atoms with van der Waals surface area (Å²) < 4.78 is 52.2. The average Bonchev–Trinajstić information content (AvgIpc) is 4.09. The highest BCUT2D eigenvalue weighted by Gasteiger charge is 2.62. The molecule has 1 aromatic heterocycles. The Hall–Kier alpha value is -4.34. The topological polar surface area (TPSA) is 192 Å². The first kappa shape index (κ1) is 40.8. The zero-order chi connectivity index (χ0) is 40.5. The highest BCUT2D eigenvalue weighted by Crippen LogP contribution is 2.48. The van der Waals surface area contributed by atoms with Gasteiger partial charge in [0.15, 0.2) is 0 Å². The molecule has 5 bridgehead atoms. The molecule has 3 N–H and O–H groups in total. The van der Waals surface area contributed by atoms with Crippen LogP contribution in [-0.2, 0) is 35.6 Å². The van der Waals surface area contributed by atoms with Gasteiger partial charge in [-0.15, -0.1) is 0 Å². The third-order valence-electron chi connectivity index (χ3n) is 12.2. The number of carbonyl (C=O) groups is 4. The molecule has 15 nitrogen and oxygen atoms in total. The Kier molecular flexibility index (Phi) is 11.8. The maximum Gasteiger partial charge on any atom is 0.407 e. The van der Waals surface area contributed by atoms with Crippen molar-refractivity contribution in [3.63, 3.8) is 0 Å². The second-order valence-electron chi connectivity index (χ2n) is 17.2. The minimum Gasteiger partial charge on any atom is -0.496 e. The Balaban J connectivity index is 1.27. The highest BCUT2D eigenvalue weighted by molar-refractivity contribution is 7.91. The minimum atomic E-state index is -3.88. The van der Waals surface area contributed by atoms with Crippen molar-refractivity contribution in [1.29, 1.82) is 0 Å². The van der Waals surface area contributed by atoms with Crippen LogP contribution in [0, 0.1) is 11.3 Å². The van der Waals surface area contributed by atoms with Crippen LogP contribution in [-0.4, -0.2) is 98.0 Å². The standard InChI is InChI=1S/C41H57N5O10S/c1-5-54-35-21-34-29-18-25(33(53-4)20-31(29)42-35)12-11-17-40(2,3)24-55-39(50)43-30-14-10-8-6-7-9-13-26-22-41(26,38(49)45-57(51,52)28-15-16-28)44-36(47)32-19-27(56-34)23-46(32)37(30)48/h18,20-21,26-28,30,32H,5-17,19,22-24H2,1-4H3,(H,43,50)(H,44,47)(H,45,49)/t26-,27-,30+,32+,41-/m1/s1. The Labute approximate surface area is 334 Å². The van der Waals surface area contributed by atoms with Crippen LogP contribution in [0.3, 0.4) is 0 Å². The lowest BCUT2D eigenvalue weighted by Crippen LogP contribution is -2.58. The van der Waals surface area contributed by atoms with Crippen LogP contribution in [0.25, 0.3) is 10.9 Å². The molecule has 0 spiro atoms. The number of ether oxygens (including phenoxy) is 4. The fourth-order valence-corrected chi connectivity index (χ4v) is 10.0. The number of nitrogens with zero attached hydrogens (tertiary/aromatic N) is 2. The van der Waals surface area contributed by atoms with Crippen LogP contribution in [0.2, 0.25) is 0 Å². The van der Waals surface area contributed by atoms with Gasteiger partial charge < -0.3 is 34.5 Å². The normalized spacial score (nSPS) is 28.6. The first-order valence-electron chi connectivity index (χ1n) is 20.6. The van der Waals surface area contributed by atoms with E-state index in [1.807, 2.05) is 32.9 Å². The molecule has 0 radical (unpaired) electrons. The van der Waals surface area contributed by atoms with Crippen LogP contribution in [0.1, 0.15) is 110 Å². The number of nitrogens with one attached hydrogen (secondary N) is 3. The Bertz CT molecular complexity index is 1990. The molecular formula is C41H57N5O10S. The van der Waals surface area contributed by atoms with Crippen molar-refractivity contribution in [1.82, 2.24) is 25.2 Å². The van der Waals surface area contributed by atoms with Crippen molar-refractivity contribution >= 4 is 44.7 Å². The quantitative estimate of drug-likeness (QED) is 0.367. The van der Waals surface area contributed by atoms with Crippen molar-refractivity contribution in [2.24, 2.45) is 11.3 Å². The molecule has 5 atom stereocenters. The Morgan fingerprint density at radius 3 is 2.53 bits per heavy atom. The molecular weight excluding hydrogens is 755 g/mol. The SMILES string of the molecule is CCOc1cc2c3cc(c(OC)cc3n1)CCCC(C)(C)COC(=O)N[C@H]1CCCCCCC[C@@H]3C[C@@]3(C(=O)NS(=O)(=O)C3CC3)NC(=O)[C@@H]3C[C@H](CN3C1=O)O2. The number of benzene rings is 1. The molecule has 2 saturated heterocycles. The van der Waals surface area contributed by atoms with Crippen molar-refractivity contribution in [2.75, 3.05) is 26.9 Å². The number of methoxy groups -OCH3 is 1. The van der Waals surface area contributed by atoms with Gasteiger partial charge in [0.1, 0.15) is 35.2 Å². The van der Waals surface area contributed by atoms with Crippen LogP contribution in [0.15, 0.2) is 18.2 Å². The molecule has 4 heterocycles. The van der Waals surface area contributed by atoms with Crippen molar-refractivity contribution in [3.05, 3.63) is 23.8 Å². The molecule has 312 valence electrons. The third-order valence-corrected chi connectivity index (χ3v) is 14.0. The minimum absolute atomic E-state index is 0.00661. The molecule has 0 unspecified atom stereocenters. The van der Waals surface area contributed by atoms with E-state index in [-0.39, 0.29) is 30.9 Å². The predicted octanol–water partition coefficient (Wildman–Crippen LogP) is 4.68. The molecule has 3 aliphatic heterocycles. The summed E-state index contributed by atoms with van der Waals surface area (Å²) in [6.45, 7) is 6.43. The van der Waals surface area contributed by atoms with E-state index in [2.05, 4.69) is 15.4 Å². The third kappa shape index (κ3) is 9.20. The van der Waals surface area contributed by atoms with Crippen molar-refractivity contribution in [3.8, 4) is 17.4 Å². The smallest absolute Gasteiger partial charge is 0.407 e. The highest BCUT2D eigenvalue weighted by atomic mass is 32.2. The molecule has 5 aliphatic rings. The monoisotopic (exact) mass is 811 g/mol. The second-order valence-corrected chi connectivity index (χ2v) is 19.2. The molecule has 2 saturated carbocycles. The summed E-state index contributed by atoms with van der Waals surface area (Å²) >= 11 is 0. The molecule has 1 aromatic carbocycles. The number of hydrogen-bond donors (Lipinski definition) is 3. The summed E-state index contributed by atoms with van der Waals surface area (Å²) in [5.41, 5.74) is -0.249. The summed E-state index contributed by atoms with van der Waals surface area (Å²) in [6, 6.07) is 3.51. The van der Waals surface area contributed by atoms with E-state index < -0.39 is 62.8 Å². The van der Waals surface area contributed by atoms with Gasteiger partial charge >= 0.3 is 6.09 Å². The lowest BCUT2D eigenvalue weighted by molar-refractivity contribution is -0.141. The zero-order valence-corrected chi connectivity index (χ0v) is 34.3. The van der Waals surface area contributed by atoms with Gasteiger partial charge in [0, 0.05) is 23.9 Å². The summed E-state index contributed by atoms with van der Waals surface area (Å²) in [5, 5.41) is 5.90. The van der Waals surface area contributed by atoms with Crippen LogP contribution in [0.4, 0.5) is 4.79 Å². The number of amides is 4. The molecule has 4 fully saturated rings. The molecule has 16 heteroatoms. The van der Waals surface area contributed by atoms with Gasteiger partial charge in [-0.2, -0.15) is 0 Å². The number of aryl methyl sites for hydroxylation is 1. The lowest BCUT2D eigenvalue weighted by atomic mass is 9.87. The number of rotatable bonds is 6. The van der Waals surface area contributed by atoms with Gasteiger partial charge in [-0.25, -0.2) is 18.2 Å². The van der Waals surface area contributed by atoms with E-state index in [1.54, 1.807) is 13.2 Å². The number of sulfonamides is 1. The molecule has 4 amide bonds. The fraction of sp³-hybridized carbons (Fsp3) is 0.683. The Morgan fingerprint density at radius 2 is 1.79 bits per heavy atom. The van der Waals surface area contributed by atoms with E-state index in [0.29, 0.717) is 74.4 Å². The number of hydrogen-bond acceptors (Lipinski definition) is 11. The molecule has 2 aromatic rings. The number of alkyl carbamates (subject to hydrolysis) is 1. The van der Waals surface area contributed by atoms with Crippen LogP contribution < -0.4 is 29.6 Å². The number of carbonyl (C=O) groups excluding carboxylic acids is 4. The van der Waals surface area contributed by atoms with Gasteiger partial charge in [-0.3, -0.25) is 19.1 Å². The maximum atomic E-state index is 14.7. The van der Waals surface area contributed by atoms with E-state index in [0.717, 1.165) is 49.5 Å². The Morgan fingerprint density at radius 1 is 1.04 bits per heavy atom. The number of cyclic esters (lactones) is 1. The van der Waals surface area contributed by atoms with Gasteiger partial charge in [0.2, 0.25) is 27.7 Å².